The van der Waals surface area contributed by atoms with Crippen LogP contribution >= 0.6 is 0 Å². The van der Waals surface area contributed by atoms with E-state index in [1.165, 1.54) is 12.1 Å². The van der Waals surface area contributed by atoms with Crippen LogP contribution in [0.1, 0.15) is 6.42 Å². The molecule has 0 radical (unpaired) electrons. The standard InChI is InChI=1S/C12H17FN2O/c13-10-1-3-11(4-2-10)15-7-6-14-9-12(15)5-8-16/h1-4,12,14,16H,5-9H2. The zero-order valence-corrected chi connectivity index (χ0v) is 9.19. The van der Waals surface area contributed by atoms with Gasteiger partial charge in [-0.2, -0.15) is 0 Å². The first kappa shape index (κ1) is 11.4. The van der Waals surface area contributed by atoms with Crippen molar-refractivity contribution in [1.82, 2.24) is 5.32 Å². The molecule has 4 heteroatoms. The minimum Gasteiger partial charge on any atom is -0.396 e. The highest BCUT2D eigenvalue weighted by atomic mass is 19.1. The summed E-state index contributed by atoms with van der Waals surface area (Å²) in [4.78, 5) is 2.23. The minimum atomic E-state index is -0.211. The molecule has 1 aliphatic heterocycles. The Morgan fingerprint density at radius 3 is 2.81 bits per heavy atom. The second-order valence-corrected chi connectivity index (χ2v) is 4.04. The molecule has 1 fully saturated rings. The largest absolute Gasteiger partial charge is 0.396 e. The summed E-state index contributed by atoms with van der Waals surface area (Å²) in [5.41, 5.74) is 1.03. The Balaban J connectivity index is 2.13. The van der Waals surface area contributed by atoms with Gasteiger partial charge in [-0.1, -0.05) is 0 Å². The molecular weight excluding hydrogens is 207 g/mol. The smallest absolute Gasteiger partial charge is 0.123 e. The average molecular weight is 224 g/mol. The number of piperazine rings is 1. The van der Waals surface area contributed by atoms with E-state index in [4.69, 9.17) is 5.11 Å². The van der Waals surface area contributed by atoms with Crippen molar-refractivity contribution in [2.45, 2.75) is 12.5 Å². The van der Waals surface area contributed by atoms with Crippen molar-refractivity contribution in [2.24, 2.45) is 0 Å². The predicted molar refractivity (Wildman–Crippen MR) is 62.1 cm³/mol. The number of benzene rings is 1. The molecule has 16 heavy (non-hydrogen) atoms. The van der Waals surface area contributed by atoms with Crippen LogP contribution in [0.15, 0.2) is 24.3 Å². The van der Waals surface area contributed by atoms with E-state index in [2.05, 4.69) is 10.2 Å². The van der Waals surface area contributed by atoms with E-state index in [-0.39, 0.29) is 12.4 Å². The highest BCUT2D eigenvalue weighted by molar-refractivity contribution is 5.48. The molecule has 2 N–H and O–H groups in total. The molecule has 0 amide bonds. The van der Waals surface area contributed by atoms with Crippen molar-refractivity contribution in [3.05, 3.63) is 30.1 Å². The monoisotopic (exact) mass is 224 g/mol. The van der Waals surface area contributed by atoms with Gasteiger partial charge in [-0.25, -0.2) is 4.39 Å². The molecule has 1 unspecified atom stereocenters. The molecule has 1 atom stereocenters. The van der Waals surface area contributed by atoms with Crippen LogP contribution in [0, 0.1) is 5.82 Å². The van der Waals surface area contributed by atoms with Gasteiger partial charge < -0.3 is 15.3 Å². The van der Waals surface area contributed by atoms with E-state index in [1.54, 1.807) is 12.1 Å². The van der Waals surface area contributed by atoms with Crippen molar-refractivity contribution < 1.29 is 9.50 Å². The first-order valence-electron chi connectivity index (χ1n) is 5.65. The fraction of sp³-hybridized carbons (Fsp3) is 0.500. The zero-order valence-electron chi connectivity index (χ0n) is 9.19. The maximum Gasteiger partial charge on any atom is 0.123 e. The van der Waals surface area contributed by atoms with E-state index in [0.29, 0.717) is 6.04 Å². The summed E-state index contributed by atoms with van der Waals surface area (Å²) < 4.78 is 12.8. The molecule has 1 aromatic carbocycles. The molecule has 0 aromatic heterocycles. The lowest BCUT2D eigenvalue weighted by molar-refractivity contribution is 0.266. The second kappa shape index (κ2) is 5.27. The van der Waals surface area contributed by atoms with Gasteiger partial charge >= 0.3 is 0 Å². The Kier molecular flexibility index (Phi) is 3.74. The molecule has 0 spiro atoms. The molecule has 1 heterocycles. The van der Waals surface area contributed by atoms with Crippen molar-refractivity contribution in [1.29, 1.82) is 0 Å². The normalized spacial score (nSPS) is 21.1. The summed E-state index contributed by atoms with van der Waals surface area (Å²) in [6, 6.07) is 6.85. The number of hydrogen-bond donors (Lipinski definition) is 2. The summed E-state index contributed by atoms with van der Waals surface area (Å²) in [6.07, 6.45) is 0.740. The van der Waals surface area contributed by atoms with Crippen LogP contribution in [0.25, 0.3) is 0 Å². The number of hydrogen-bond acceptors (Lipinski definition) is 3. The summed E-state index contributed by atoms with van der Waals surface area (Å²) in [7, 11) is 0. The molecule has 0 aliphatic carbocycles. The third-order valence-corrected chi connectivity index (χ3v) is 2.97. The van der Waals surface area contributed by atoms with Gasteiger partial charge in [0.05, 0.1) is 0 Å². The van der Waals surface area contributed by atoms with Gasteiger partial charge in [-0.3, -0.25) is 0 Å². The molecule has 1 aliphatic rings. The number of aliphatic hydroxyl groups is 1. The van der Waals surface area contributed by atoms with E-state index in [9.17, 15) is 4.39 Å². The molecule has 0 saturated carbocycles. The van der Waals surface area contributed by atoms with Crippen LogP contribution in [0.4, 0.5) is 10.1 Å². The van der Waals surface area contributed by atoms with Crippen LogP contribution in [0.5, 0.6) is 0 Å². The molecule has 3 nitrogen and oxygen atoms in total. The second-order valence-electron chi connectivity index (χ2n) is 4.04. The summed E-state index contributed by atoms with van der Waals surface area (Å²) >= 11 is 0. The van der Waals surface area contributed by atoms with Crippen molar-refractivity contribution in [3.8, 4) is 0 Å². The van der Waals surface area contributed by atoms with Crippen LogP contribution < -0.4 is 10.2 Å². The molecular formula is C12H17FN2O. The minimum absolute atomic E-state index is 0.185. The Bertz CT molecular complexity index is 326. The zero-order chi connectivity index (χ0) is 11.4. The van der Waals surface area contributed by atoms with E-state index in [0.717, 1.165) is 31.7 Å². The number of nitrogens with one attached hydrogen (secondary N) is 1. The third-order valence-electron chi connectivity index (χ3n) is 2.97. The topological polar surface area (TPSA) is 35.5 Å². The van der Waals surface area contributed by atoms with Gasteiger partial charge in [0.15, 0.2) is 0 Å². The highest BCUT2D eigenvalue weighted by Crippen LogP contribution is 2.20. The quantitative estimate of drug-likeness (QED) is 0.803. The van der Waals surface area contributed by atoms with Crippen molar-refractivity contribution >= 4 is 5.69 Å². The Morgan fingerprint density at radius 1 is 1.38 bits per heavy atom. The third kappa shape index (κ3) is 2.51. The maximum absolute atomic E-state index is 12.8. The van der Waals surface area contributed by atoms with E-state index >= 15 is 0 Å². The lowest BCUT2D eigenvalue weighted by Crippen LogP contribution is -2.51. The first-order valence-corrected chi connectivity index (χ1v) is 5.65. The molecule has 1 aromatic rings. The molecule has 1 saturated heterocycles. The van der Waals surface area contributed by atoms with E-state index in [1.807, 2.05) is 0 Å². The van der Waals surface area contributed by atoms with Gasteiger partial charge in [0, 0.05) is 38.0 Å². The van der Waals surface area contributed by atoms with Crippen LogP contribution in [0.3, 0.4) is 0 Å². The number of halogens is 1. The number of aliphatic hydroxyl groups excluding tert-OH is 1. The van der Waals surface area contributed by atoms with Gasteiger partial charge in [0.1, 0.15) is 5.82 Å². The predicted octanol–water partition coefficient (Wildman–Crippen LogP) is 0.986. The fourth-order valence-corrected chi connectivity index (χ4v) is 2.14. The average Bonchev–Trinajstić information content (AvgIpc) is 2.32. The SMILES string of the molecule is OCCC1CNCCN1c1ccc(F)cc1. The lowest BCUT2D eigenvalue weighted by Gasteiger charge is -2.37. The summed E-state index contributed by atoms with van der Waals surface area (Å²) in [6.45, 7) is 2.89. The van der Waals surface area contributed by atoms with Crippen LogP contribution in [-0.4, -0.2) is 37.4 Å². The van der Waals surface area contributed by atoms with E-state index < -0.39 is 0 Å². The van der Waals surface area contributed by atoms with Crippen LogP contribution in [-0.2, 0) is 0 Å². The Morgan fingerprint density at radius 2 is 2.12 bits per heavy atom. The molecule has 2 rings (SSSR count). The van der Waals surface area contributed by atoms with Gasteiger partial charge in [-0.15, -0.1) is 0 Å². The summed E-state index contributed by atoms with van der Waals surface area (Å²) in [5.74, 6) is -0.211. The molecule has 0 bridgehead atoms. The fourth-order valence-electron chi connectivity index (χ4n) is 2.14. The highest BCUT2D eigenvalue weighted by Gasteiger charge is 2.21. The summed E-state index contributed by atoms with van der Waals surface area (Å²) in [5, 5.41) is 12.3. The van der Waals surface area contributed by atoms with Crippen molar-refractivity contribution in [2.75, 3.05) is 31.1 Å². The maximum atomic E-state index is 12.8. The number of nitrogens with zero attached hydrogens (tertiary/aromatic N) is 1. The Hall–Kier alpha value is -1.13. The van der Waals surface area contributed by atoms with Gasteiger partial charge in [0.25, 0.3) is 0 Å². The van der Waals surface area contributed by atoms with Gasteiger partial charge in [0.2, 0.25) is 0 Å². The lowest BCUT2D eigenvalue weighted by atomic mass is 10.1. The molecule has 88 valence electrons. The number of anilines is 1. The Labute approximate surface area is 94.9 Å². The first-order chi connectivity index (χ1) is 7.81. The van der Waals surface area contributed by atoms with Gasteiger partial charge in [-0.05, 0) is 30.7 Å². The van der Waals surface area contributed by atoms with Crippen molar-refractivity contribution in [3.63, 3.8) is 0 Å². The number of rotatable bonds is 3. The van der Waals surface area contributed by atoms with Crippen LogP contribution in [0.2, 0.25) is 0 Å².